The van der Waals surface area contributed by atoms with Crippen molar-refractivity contribution in [2.75, 3.05) is 19.5 Å². The molecule has 1 unspecified atom stereocenters. The molecular formula is C11H11Cl5NO5P. The van der Waals surface area contributed by atoms with Gasteiger partial charge in [-0.25, -0.2) is 4.79 Å². The van der Waals surface area contributed by atoms with Crippen LogP contribution in [0.1, 0.15) is 0 Å². The van der Waals surface area contributed by atoms with Gasteiger partial charge in [-0.2, -0.15) is 0 Å². The van der Waals surface area contributed by atoms with Crippen LogP contribution in [0.5, 0.6) is 0 Å². The lowest BCUT2D eigenvalue weighted by molar-refractivity contribution is 0.124. The Balaban J connectivity index is 2.94. The molecule has 1 aromatic carbocycles. The van der Waals surface area contributed by atoms with Crippen LogP contribution in [0, 0.1) is 0 Å². The fourth-order valence-electron chi connectivity index (χ4n) is 1.40. The molecule has 1 N–H and O–H groups in total. The molecule has 1 atom stereocenters. The first-order valence-electron chi connectivity index (χ1n) is 5.74. The van der Waals surface area contributed by atoms with Crippen LogP contribution in [0.2, 0.25) is 10.0 Å². The normalized spacial score (nSPS) is 13.5. The number of halogens is 5. The van der Waals surface area contributed by atoms with Crippen LogP contribution in [0.15, 0.2) is 18.2 Å². The Hall–Kier alpha value is 0.0900. The smallest absolute Gasteiger partial charge is 0.412 e. The van der Waals surface area contributed by atoms with E-state index in [1.165, 1.54) is 18.2 Å². The fourth-order valence-corrected chi connectivity index (χ4v) is 4.02. The maximum Gasteiger partial charge on any atom is 0.412 e. The Morgan fingerprint density at radius 1 is 1.17 bits per heavy atom. The molecule has 130 valence electrons. The van der Waals surface area contributed by atoms with Crippen molar-refractivity contribution in [2.45, 2.75) is 9.64 Å². The first-order chi connectivity index (χ1) is 10.5. The largest absolute Gasteiger partial charge is 0.428 e. The minimum Gasteiger partial charge on any atom is -0.428 e. The highest BCUT2D eigenvalue weighted by molar-refractivity contribution is 7.55. The zero-order valence-electron chi connectivity index (χ0n) is 11.7. The van der Waals surface area contributed by atoms with E-state index in [0.717, 1.165) is 14.2 Å². The molecule has 12 heteroatoms. The number of carbonyl (C=O) groups excluding carboxylic acids is 1. The predicted octanol–water partition coefficient (Wildman–Crippen LogP) is 5.72. The topological polar surface area (TPSA) is 73.9 Å². The Labute approximate surface area is 157 Å². The van der Waals surface area contributed by atoms with Crippen LogP contribution >= 0.6 is 65.6 Å². The number of hydrogen-bond acceptors (Lipinski definition) is 5. The number of anilines is 1. The maximum atomic E-state index is 12.3. The second-order valence-electron chi connectivity index (χ2n) is 3.96. The van der Waals surface area contributed by atoms with Crippen molar-refractivity contribution < 1.29 is 23.1 Å². The van der Waals surface area contributed by atoms with Crippen molar-refractivity contribution in [2.24, 2.45) is 0 Å². The molecule has 0 radical (unpaired) electrons. The van der Waals surface area contributed by atoms with Crippen molar-refractivity contribution in [3.8, 4) is 0 Å². The molecule has 6 nitrogen and oxygen atoms in total. The van der Waals surface area contributed by atoms with Gasteiger partial charge in [0.05, 0.1) is 10.0 Å². The summed E-state index contributed by atoms with van der Waals surface area (Å²) in [6.07, 6.45) is -1.06. The molecule has 0 bridgehead atoms. The van der Waals surface area contributed by atoms with Crippen LogP contribution in [0.3, 0.4) is 0 Å². The van der Waals surface area contributed by atoms with E-state index in [1.54, 1.807) is 0 Å². The van der Waals surface area contributed by atoms with Gasteiger partial charge in [0, 0.05) is 19.9 Å². The van der Waals surface area contributed by atoms with Crippen molar-refractivity contribution in [3.63, 3.8) is 0 Å². The van der Waals surface area contributed by atoms with Gasteiger partial charge < -0.3 is 13.8 Å². The molecule has 0 aliphatic carbocycles. The van der Waals surface area contributed by atoms with Gasteiger partial charge in [0.1, 0.15) is 0 Å². The maximum absolute atomic E-state index is 12.3. The van der Waals surface area contributed by atoms with E-state index in [-0.39, 0.29) is 10.7 Å². The van der Waals surface area contributed by atoms with Gasteiger partial charge in [0.2, 0.25) is 3.79 Å². The zero-order chi connectivity index (χ0) is 17.8. The van der Waals surface area contributed by atoms with Gasteiger partial charge in [0.15, 0.2) is 0 Å². The summed E-state index contributed by atoms with van der Waals surface area (Å²) in [5.41, 5.74) is 0.261. The Kier molecular flexibility index (Phi) is 7.77. The number of carbonyl (C=O) groups is 1. The number of amides is 1. The quantitative estimate of drug-likeness (QED) is 0.463. The summed E-state index contributed by atoms with van der Waals surface area (Å²) in [5, 5.41) is 2.83. The molecule has 0 saturated heterocycles. The summed E-state index contributed by atoms with van der Waals surface area (Å²) < 4.78 is 24.4. The fraction of sp³-hybridized carbons (Fsp3) is 0.364. The number of alkyl halides is 3. The second-order valence-corrected chi connectivity index (χ2v) is 9.42. The Morgan fingerprint density at radius 3 is 2.17 bits per heavy atom. The van der Waals surface area contributed by atoms with Crippen LogP contribution in [0.25, 0.3) is 0 Å². The van der Waals surface area contributed by atoms with Gasteiger partial charge in [-0.15, -0.1) is 0 Å². The minimum absolute atomic E-state index is 0.210. The van der Waals surface area contributed by atoms with Crippen LogP contribution in [0.4, 0.5) is 10.5 Å². The number of ether oxygens (including phenoxy) is 1. The van der Waals surface area contributed by atoms with Gasteiger partial charge in [-0.1, -0.05) is 58.0 Å². The zero-order valence-corrected chi connectivity index (χ0v) is 16.4. The molecule has 0 aliphatic heterocycles. The van der Waals surface area contributed by atoms with E-state index < -0.39 is 23.3 Å². The summed E-state index contributed by atoms with van der Waals surface area (Å²) in [5.74, 6) is -1.79. The van der Waals surface area contributed by atoms with Gasteiger partial charge in [-0.3, -0.25) is 9.88 Å². The molecule has 0 aliphatic rings. The Morgan fingerprint density at radius 2 is 1.74 bits per heavy atom. The number of nitrogens with one attached hydrogen (secondary N) is 1. The van der Waals surface area contributed by atoms with E-state index in [1.807, 2.05) is 0 Å². The number of benzene rings is 1. The second kappa shape index (κ2) is 8.45. The minimum atomic E-state index is -4.01. The molecule has 0 saturated carbocycles. The average molecular weight is 445 g/mol. The van der Waals surface area contributed by atoms with E-state index in [2.05, 4.69) is 5.32 Å². The molecule has 0 aromatic heterocycles. The molecule has 1 aromatic rings. The lowest BCUT2D eigenvalue weighted by Gasteiger charge is -2.28. The highest BCUT2D eigenvalue weighted by Crippen LogP contribution is 2.59. The summed E-state index contributed by atoms with van der Waals surface area (Å²) in [6.45, 7) is 0. The van der Waals surface area contributed by atoms with E-state index in [9.17, 15) is 9.36 Å². The third kappa shape index (κ3) is 5.83. The molecule has 0 spiro atoms. The summed E-state index contributed by atoms with van der Waals surface area (Å²) in [7, 11) is -1.89. The highest BCUT2D eigenvalue weighted by Gasteiger charge is 2.51. The number of hydrogen-bond donors (Lipinski definition) is 1. The predicted molar refractivity (Wildman–Crippen MR) is 92.3 cm³/mol. The van der Waals surface area contributed by atoms with Gasteiger partial charge in [-0.05, 0) is 18.2 Å². The molecular weight excluding hydrogens is 434 g/mol. The summed E-state index contributed by atoms with van der Waals surface area (Å²) in [6, 6.07) is 4.30. The molecule has 0 heterocycles. The SMILES string of the molecule is COP(=O)(OC)C(OC(=O)Nc1ccc(Cl)c(Cl)c1)C(Cl)(Cl)Cl. The van der Waals surface area contributed by atoms with Crippen molar-refractivity contribution in [1.29, 1.82) is 0 Å². The molecule has 1 amide bonds. The monoisotopic (exact) mass is 443 g/mol. The summed E-state index contributed by atoms with van der Waals surface area (Å²) in [4.78, 5) is 11.9. The summed E-state index contributed by atoms with van der Waals surface area (Å²) >= 11 is 28.6. The van der Waals surface area contributed by atoms with Crippen molar-refractivity contribution in [1.82, 2.24) is 0 Å². The highest BCUT2D eigenvalue weighted by atomic mass is 35.6. The van der Waals surface area contributed by atoms with E-state index >= 15 is 0 Å². The van der Waals surface area contributed by atoms with Gasteiger partial charge >= 0.3 is 13.7 Å². The van der Waals surface area contributed by atoms with Crippen LogP contribution < -0.4 is 5.32 Å². The molecule has 0 fully saturated rings. The van der Waals surface area contributed by atoms with E-state index in [4.69, 9.17) is 71.8 Å². The first kappa shape index (κ1) is 21.1. The Bertz CT molecular complexity index is 615. The molecule has 1 rings (SSSR count). The van der Waals surface area contributed by atoms with E-state index in [0.29, 0.717) is 5.02 Å². The third-order valence-corrected chi connectivity index (χ3v) is 6.34. The van der Waals surface area contributed by atoms with Crippen LogP contribution in [-0.2, 0) is 18.3 Å². The van der Waals surface area contributed by atoms with Crippen molar-refractivity contribution in [3.05, 3.63) is 28.2 Å². The first-order valence-corrected chi connectivity index (χ1v) is 9.24. The lowest BCUT2D eigenvalue weighted by Crippen LogP contribution is -2.34. The van der Waals surface area contributed by atoms with Gasteiger partial charge in [0.25, 0.3) is 5.85 Å². The third-order valence-electron chi connectivity index (χ3n) is 2.46. The molecule has 23 heavy (non-hydrogen) atoms. The number of rotatable bonds is 5. The van der Waals surface area contributed by atoms with Crippen LogP contribution in [-0.4, -0.2) is 30.0 Å². The average Bonchev–Trinajstić information content (AvgIpc) is 2.47. The lowest BCUT2D eigenvalue weighted by atomic mass is 10.3. The standard InChI is InChI=1S/C11H11Cl5NO5P/c1-20-23(19,21-2)9(11(14,15)16)22-10(18)17-6-3-4-7(12)8(13)5-6/h3-5,9H,1-2H3,(H,17,18). The van der Waals surface area contributed by atoms with Crippen molar-refractivity contribution >= 4 is 77.4 Å².